The number of hydrogen-bond donors (Lipinski definition) is 2. The van der Waals surface area contributed by atoms with Crippen LogP contribution in [0.15, 0.2) is 71.6 Å². The van der Waals surface area contributed by atoms with Crippen LogP contribution >= 0.6 is 0 Å². The van der Waals surface area contributed by atoms with Gasteiger partial charge in [0.1, 0.15) is 10.6 Å². The molecule has 0 aliphatic carbocycles. The van der Waals surface area contributed by atoms with Crippen molar-refractivity contribution in [2.45, 2.75) is 11.4 Å². The molecule has 1 aliphatic rings. The molecule has 0 spiro atoms. The van der Waals surface area contributed by atoms with E-state index in [9.17, 15) is 8.42 Å². The fourth-order valence-electron chi connectivity index (χ4n) is 3.17. The van der Waals surface area contributed by atoms with Crippen molar-refractivity contribution >= 4 is 32.8 Å². The molecular weight excluding hydrogens is 374 g/mol. The first-order valence-corrected chi connectivity index (χ1v) is 10.3. The maximum absolute atomic E-state index is 13.0. The van der Waals surface area contributed by atoms with E-state index in [0.29, 0.717) is 17.9 Å². The monoisotopic (exact) mass is 395 g/mol. The van der Waals surface area contributed by atoms with Gasteiger partial charge in [0.2, 0.25) is 0 Å². The Morgan fingerprint density at radius 1 is 1.00 bits per heavy atom. The second kappa shape index (κ2) is 7.09. The third-order valence-corrected chi connectivity index (χ3v) is 6.62. The fourth-order valence-corrected chi connectivity index (χ4v) is 4.52. The van der Waals surface area contributed by atoms with Crippen LogP contribution in [0, 0.1) is 0 Å². The summed E-state index contributed by atoms with van der Waals surface area (Å²) in [6.45, 7) is 0.618. The van der Waals surface area contributed by atoms with Crippen LogP contribution in [-0.2, 0) is 16.6 Å². The lowest BCUT2D eigenvalue weighted by atomic mass is 10.2. The molecule has 0 aromatic heterocycles. The molecule has 4 rings (SSSR count). The van der Waals surface area contributed by atoms with E-state index >= 15 is 0 Å². The van der Waals surface area contributed by atoms with Crippen molar-refractivity contribution in [2.75, 3.05) is 29.1 Å². The molecule has 7 heteroatoms. The third-order valence-electron chi connectivity index (χ3n) is 4.79. The molecular formula is C21H21N3O3S. The zero-order chi connectivity index (χ0) is 19.7. The molecule has 144 valence electrons. The minimum Gasteiger partial charge on any atom is -0.497 e. The van der Waals surface area contributed by atoms with Crippen LogP contribution in [0.5, 0.6) is 5.75 Å². The SMILES string of the molecule is COc1ccc(CNc2ccc3c(c2)N(C)S(=O)(=O)c2ccccc2N3)cc1. The highest BCUT2D eigenvalue weighted by atomic mass is 32.2. The number of para-hydroxylation sites is 1. The molecule has 0 bridgehead atoms. The van der Waals surface area contributed by atoms with E-state index in [-0.39, 0.29) is 4.90 Å². The summed E-state index contributed by atoms with van der Waals surface area (Å²) in [6, 6.07) is 20.4. The summed E-state index contributed by atoms with van der Waals surface area (Å²) >= 11 is 0. The summed E-state index contributed by atoms with van der Waals surface area (Å²) in [7, 11) is -0.420. The molecule has 3 aromatic rings. The highest BCUT2D eigenvalue weighted by molar-refractivity contribution is 7.93. The molecule has 3 aromatic carbocycles. The minimum atomic E-state index is -3.63. The molecule has 0 fully saturated rings. The van der Waals surface area contributed by atoms with Gasteiger partial charge in [0, 0.05) is 19.3 Å². The molecule has 6 nitrogen and oxygen atoms in total. The number of sulfonamides is 1. The lowest BCUT2D eigenvalue weighted by Crippen LogP contribution is -2.25. The smallest absolute Gasteiger partial charge is 0.266 e. The number of ether oxygens (including phenoxy) is 1. The number of rotatable bonds is 4. The van der Waals surface area contributed by atoms with Crippen molar-refractivity contribution in [3.05, 3.63) is 72.3 Å². The Bertz CT molecular complexity index is 1110. The Labute approximate surface area is 164 Å². The maximum Gasteiger partial charge on any atom is 0.266 e. The number of anilines is 4. The van der Waals surface area contributed by atoms with Crippen LogP contribution in [0.1, 0.15) is 5.56 Å². The first-order chi connectivity index (χ1) is 13.5. The van der Waals surface area contributed by atoms with Crippen LogP contribution in [0.2, 0.25) is 0 Å². The van der Waals surface area contributed by atoms with E-state index < -0.39 is 10.0 Å². The largest absolute Gasteiger partial charge is 0.497 e. The van der Waals surface area contributed by atoms with Crippen molar-refractivity contribution in [3.63, 3.8) is 0 Å². The molecule has 0 amide bonds. The molecule has 0 saturated heterocycles. The van der Waals surface area contributed by atoms with Gasteiger partial charge in [0.25, 0.3) is 10.0 Å². The molecule has 1 heterocycles. The number of benzene rings is 3. The standard InChI is InChI=1S/C21H21N3O3S/c1-24-20-13-16(22-14-15-7-10-17(27-2)11-8-15)9-12-18(20)23-19-5-3-4-6-21(19)28(24,25)26/h3-13,22-23H,14H2,1-2H3. The highest BCUT2D eigenvalue weighted by Crippen LogP contribution is 2.39. The van der Waals surface area contributed by atoms with Crippen LogP contribution in [0.25, 0.3) is 0 Å². The van der Waals surface area contributed by atoms with Gasteiger partial charge < -0.3 is 15.4 Å². The summed E-state index contributed by atoms with van der Waals surface area (Å²) in [4.78, 5) is 0.265. The van der Waals surface area contributed by atoms with Crippen molar-refractivity contribution in [3.8, 4) is 5.75 Å². The Hall–Kier alpha value is -3.19. The molecule has 0 atom stereocenters. The number of nitrogens with one attached hydrogen (secondary N) is 2. The van der Waals surface area contributed by atoms with E-state index in [1.807, 2.05) is 48.5 Å². The second-order valence-corrected chi connectivity index (χ2v) is 8.46. The summed E-state index contributed by atoms with van der Waals surface area (Å²) < 4.78 is 32.5. The van der Waals surface area contributed by atoms with Gasteiger partial charge in [-0.3, -0.25) is 4.31 Å². The van der Waals surface area contributed by atoms with Crippen molar-refractivity contribution in [1.82, 2.24) is 0 Å². The number of fused-ring (bicyclic) bond motifs is 2. The predicted molar refractivity (Wildman–Crippen MR) is 112 cm³/mol. The van der Waals surface area contributed by atoms with Crippen molar-refractivity contribution < 1.29 is 13.2 Å². The molecule has 28 heavy (non-hydrogen) atoms. The number of nitrogens with zero attached hydrogens (tertiary/aromatic N) is 1. The lowest BCUT2D eigenvalue weighted by Gasteiger charge is -2.20. The number of methoxy groups -OCH3 is 1. The second-order valence-electron chi connectivity index (χ2n) is 6.53. The fraction of sp³-hybridized carbons (Fsp3) is 0.143. The molecule has 1 aliphatic heterocycles. The van der Waals surface area contributed by atoms with Crippen molar-refractivity contribution in [1.29, 1.82) is 0 Å². The normalized spacial score (nSPS) is 14.3. The lowest BCUT2D eigenvalue weighted by molar-refractivity contribution is 0.414. The van der Waals surface area contributed by atoms with Gasteiger partial charge in [0.15, 0.2) is 0 Å². The van der Waals surface area contributed by atoms with E-state index in [1.54, 1.807) is 32.4 Å². The Balaban J connectivity index is 1.62. The minimum absolute atomic E-state index is 0.265. The highest BCUT2D eigenvalue weighted by Gasteiger charge is 2.29. The van der Waals surface area contributed by atoms with Crippen LogP contribution in [-0.4, -0.2) is 22.6 Å². The van der Waals surface area contributed by atoms with Gasteiger partial charge in [-0.2, -0.15) is 0 Å². The van der Waals surface area contributed by atoms with Gasteiger partial charge in [-0.15, -0.1) is 0 Å². The van der Waals surface area contributed by atoms with Gasteiger partial charge in [0.05, 0.1) is 24.2 Å². The van der Waals surface area contributed by atoms with Crippen LogP contribution in [0.3, 0.4) is 0 Å². The first kappa shape index (κ1) is 18.2. The predicted octanol–water partition coefficient (Wildman–Crippen LogP) is 4.19. The Kier molecular flexibility index (Phi) is 4.60. The molecule has 0 unspecified atom stereocenters. The van der Waals surface area contributed by atoms with Crippen molar-refractivity contribution in [2.24, 2.45) is 0 Å². The summed E-state index contributed by atoms with van der Waals surface area (Å²) in [5.41, 5.74) is 3.85. The van der Waals surface area contributed by atoms with Gasteiger partial charge in [-0.1, -0.05) is 24.3 Å². The molecule has 2 N–H and O–H groups in total. The van der Waals surface area contributed by atoms with E-state index in [1.165, 1.54) is 4.31 Å². The summed E-state index contributed by atoms with van der Waals surface area (Å²) in [5.74, 6) is 0.811. The van der Waals surface area contributed by atoms with Gasteiger partial charge in [-0.05, 0) is 48.0 Å². The average molecular weight is 395 g/mol. The Morgan fingerprint density at radius 3 is 2.50 bits per heavy atom. The average Bonchev–Trinajstić information content (AvgIpc) is 2.80. The van der Waals surface area contributed by atoms with Crippen LogP contribution in [0.4, 0.5) is 22.7 Å². The quantitative estimate of drug-likeness (QED) is 0.693. The zero-order valence-electron chi connectivity index (χ0n) is 15.6. The topological polar surface area (TPSA) is 70.7 Å². The Morgan fingerprint density at radius 2 is 1.75 bits per heavy atom. The number of hydrogen-bond acceptors (Lipinski definition) is 5. The molecule has 0 radical (unpaired) electrons. The van der Waals surface area contributed by atoms with Gasteiger partial charge in [-0.25, -0.2) is 8.42 Å². The first-order valence-electron chi connectivity index (χ1n) is 8.85. The zero-order valence-corrected chi connectivity index (χ0v) is 16.5. The van der Waals surface area contributed by atoms with Crippen LogP contribution < -0.4 is 19.7 Å². The maximum atomic E-state index is 13.0. The van der Waals surface area contributed by atoms with E-state index in [0.717, 1.165) is 22.7 Å². The van der Waals surface area contributed by atoms with E-state index in [2.05, 4.69) is 10.6 Å². The third kappa shape index (κ3) is 3.25. The van der Waals surface area contributed by atoms with Gasteiger partial charge >= 0.3 is 0 Å². The molecule has 0 saturated carbocycles. The summed E-state index contributed by atoms with van der Waals surface area (Å²) in [6.07, 6.45) is 0. The summed E-state index contributed by atoms with van der Waals surface area (Å²) in [5, 5.41) is 6.59. The van der Waals surface area contributed by atoms with E-state index in [4.69, 9.17) is 4.74 Å².